The lowest BCUT2D eigenvalue weighted by molar-refractivity contribution is -0.149. The van der Waals surface area contributed by atoms with Gasteiger partial charge in [-0.05, 0) is 47.9 Å². The van der Waals surface area contributed by atoms with Crippen LogP contribution in [0.15, 0.2) is 78.9 Å². The maximum Gasteiger partial charge on any atom is 0.332 e. The van der Waals surface area contributed by atoms with Gasteiger partial charge >= 0.3 is 5.97 Å². The minimum Gasteiger partial charge on any atom is -0.508 e. The molecule has 8 heteroatoms. The van der Waals surface area contributed by atoms with Crippen molar-refractivity contribution in [2.75, 3.05) is 18.5 Å². The number of esters is 1. The van der Waals surface area contributed by atoms with E-state index in [1.54, 1.807) is 37.3 Å². The number of amides is 2. The van der Waals surface area contributed by atoms with E-state index >= 15 is 0 Å². The van der Waals surface area contributed by atoms with Gasteiger partial charge in [0.05, 0.1) is 6.61 Å². The van der Waals surface area contributed by atoms with Crippen LogP contribution in [-0.4, -0.2) is 42.1 Å². The van der Waals surface area contributed by atoms with Gasteiger partial charge in [0.15, 0.2) is 0 Å². The maximum absolute atomic E-state index is 13.1. The summed E-state index contributed by atoms with van der Waals surface area (Å²) in [4.78, 5) is 36.7. The Morgan fingerprint density at radius 3 is 2.28 bits per heavy atom. The maximum atomic E-state index is 13.1. The van der Waals surface area contributed by atoms with Gasteiger partial charge in [-0.25, -0.2) is 4.79 Å². The minimum atomic E-state index is -0.819. The molecule has 8 nitrogen and oxygen atoms in total. The van der Waals surface area contributed by atoms with E-state index in [0.29, 0.717) is 5.69 Å². The average Bonchev–Trinajstić information content (AvgIpc) is 2.86. The number of phenolic OH excluding ortho intramolecular Hbond substituents is 1. The van der Waals surface area contributed by atoms with E-state index in [0.717, 1.165) is 16.7 Å². The summed E-state index contributed by atoms with van der Waals surface area (Å²) >= 11 is 0. The Morgan fingerprint density at radius 1 is 0.917 bits per heavy atom. The Morgan fingerprint density at radius 2 is 1.61 bits per heavy atom. The number of hydrogen-bond donors (Lipinski definition) is 3. The quantitative estimate of drug-likeness (QED) is 0.353. The molecule has 0 aliphatic rings. The van der Waals surface area contributed by atoms with Crippen molar-refractivity contribution in [3.63, 3.8) is 0 Å². The molecule has 0 spiro atoms. The molecule has 0 saturated heterocycles. The van der Waals surface area contributed by atoms with E-state index in [2.05, 4.69) is 10.6 Å². The second kappa shape index (κ2) is 13.1. The Hall–Kier alpha value is -4.17. The Balaban J connectivity index is 1.79. The van der Waals surface area contributed by atoms with Gasteiger partial charge in [0.1, 0.15) is 24.5 Å². The molecule has 36 heavy (non-hydrogen) atoms. The predicted octanol–water partition coefficient (Wildman–Crippen LogP) is 3.75. The number of hydrogen-bond acceptors (Lipinski definition) is 6. The summed E-state index contributed by atoms with van der Waals surface area (Å²) < 4.78 is 10.9. The number of phenols is 1. The normalized spacial score (nSPS) is 12.3. The fourth-order valence-electron chi connectivity index (χ4n) is 3.70. The molecule has 3 N–H and O–H groups in total. The zero-order valence-corrected chi connectivity index (χ0v) is 20.3. The third-order valence-electron chi connectivity index (χ3n) is 5.30. The third kappa shape index (κ3) is 7.95. The van der Waals surface area contributed by atoms with E-state index in [1.807, 2.05) is 36.4 Å². The summed E-state index contributed by atoms with van der Waals surface area (Å²) in [6.45, 7) is 3.12. The highest BCUT2D eigenvalue weighted by atomic mass is 16.6. The van der Waals surface area contributed by atoms with Gasteiger partial charge in [-0.3, -0.25) is 9.59 Å². The molecule has 2 atom stereocenters. The van der Waals surface area contributed by atoms with Crippen LogP contribution < -0.4 is 10.6 Å². The number of anilines is 1. The molecule has 0 heterocycles. The molecule has 2 unspecified atom stereocenters. The molecule has 3 aromatic rings. The van der Waals surface area contributed by atoms with Crippen molar-refractivity contribution in [2.45, 2.75) is 32.4 Å². The van der Waals surface area contributed by atoms with Crippen LogP contribution in [0.25, 0.3) is 0 Å². The van der Waals surface area contributed by atoms with Crippen LogP contribution >= 0.6 is 0 Å². The van der Waals surface area contributed by atoms with Crippen LogP contribution in [0.3, 0.4) is 0 Å². The van der Waals surface area contributed by atoms with Crippen molar-refractivity contribution in [3.05, 3.63) is 95.6 Å². The van der Waals surface area contributed by atoms with Crippen LogP contribution in [0.4, 0.5) is 5.69 Å². The number of ether oxygens (including phenoxy) is 2. The van der Waals surface area contributed by atoms with Crippen molar-refractivity contribution < 1.29 is 29.0 Å². The highest BCUT2D eigenvalue weighted by Gasteiger charge is 2.22. The van der Waals surface area contributed by atoms with E-state index < -0.39 is 18.1 Å². The summed E-state index contributed by atoms with van der Waals surface area (Å²) in [5.41, 5.74) is 2.87. The second-order valence-corrected chi connectivity index (χ2v) is 8.15. The Bertz CT molecular complexity index is 1160. The molecule has 0 bridgehead atoms. The molecule has 0 saturated carbocycles. The first-order valence-corrected chi connectivity index (χ1v) is 11.6. The average molecular weight is 491 g/mol. The lowest BCUT2D eigenvalue weighted by Gasteiger charge is -2.21. The van der Waals surface area contributed by atoms with Crippen molar-refractivity contribution >= 4 is 23.5 Å². The fourth-order valence-corrected chi connectivity index (χ4v) is 3.70. The summed E-state index contributed by atoms with van der Waals surface area (Å²) in [6, 6.07) is 22.2. The predicted molar refractivity (Wildman–Crippen MR) is 135 cm³/mol. The van der Waals surface area contributed by atoms with E-state index in [-0.39, 0.29) is 37.2 Å². The van der Waals surface area contributed by atoms with Crippen molar-refractivity contribution in [2.24, 2.45) is 0 Å². The number of nitrogens with one attached hydrogen (secondary N) is 2. The van der Waals surface area contributed by atoms with Gasteiger partial charge in [0.25, 0.3) is 0 Å². The number of aromatic hydroxyl groups is 1. The number of rotatable bonds is 11. The molecule has 0 aliphatic heterocycles. The van der Waals surface area contributed by atoms with Gasteiger partial charge < -0.3 is 25.2 Å². The fraction of sp³-hybridized carbons (Fsp3) is 0.250. The monoisotopic (exact) mass is 490 g/mol. The van der Waals surface area contributed by atoms with Crippen LogP contribution in [0.1, 0.15) is 36.6 Å². The molecule has 0 fully saturated rings. The number of benzene rings is 3. The van der Waals surface area contributed by atoms with Crippen LogP contribution in [-0.2, 0) is 30.3 Å². The van der Waals surface area contributed by atoms with E-state index in [1.165, 1.54) is 19.1 Å². The summed E-state index contributed by atoms with van der Waals surface area (Å²) in [6.07, 6.45) is -0.309. The lowest BCUT2D eigenvalue weighted by atomic mass is 10.0. The van der Waals surface area contributed by atoms with Gasteiger partial charge in [0, 0.05) is 19.0 Å². The molecular weight excluding hydrogens is 460 g/mol. The molecular formula is C28H30N2O6. The largest absolute Gasteiger partial charge is 0.508 e. The van der Waals surface area contributed by atoms with Crippen molar-refractivity contribution in [3.8, 4) is 5.75 Å². The minimum absolute atomic E-state index is 0.120. The highest BCUT2D eigenvalue weighted by Crippen LogP contribution is 2.28. The zero-order valence-electron chi connectivity index (χ0n) is 20.3. The SMILES string of the molecule is CCOC(=O)COC(c1ccccc1)c1cccc(NC(=O)C(Cc2ccc(O)cc2)NC(C)=O)c1. The summed E-state index contributed by atoms with van der Waals surface area (Å²) in [5, 5.41) is 15.0. The Kier molecular flexibility index (Phi) is 9.59. The molecule has 0 aliphatic carbocycles. The first-order chi connectivity index (χ1) is 17.4. The van der Waals surface area contributed by atoms with Crippen LogP contribution in [0.5, 0.6) is 5.75 Å². The second-order valence-electron chi connectivity index (χ2n) is 8.15. The van der Waals surface area contributed by atoms with Crippen LogP contribution in [0, 0.1) is 0 Å². The van der Waals surface area contributed by atoms with Gasteiger partial charge in [0.2, 0.25) is 11.8 Å². The first-order valence-electron chi connectivity index (χ1n) is 11.6. The van der Waals surface area contributed by atoms with Gasteiger partial charge in [-0.1, -0.05) is 54.6 Å². The van der Waals surface area contributed by atoms with Crippen LogP contribution in [0.2, 0.25) is 0 Å². The molecule has 188 valence electrons. The summed E-state index contributed by atoms with van der Waals surface area (Å²) in [5.74, 6) is -1.07. The first kappa shape index (κ1) is 26.4. The van der Waals surface area contributed by atoms with E-state index in [9.17, 15) is 19.5 Å². The van der Waals surface area contributed by atoms with Crippen molar-refractivity contribution in [1.82, 2.24) is 5.32 Å². The van der Waals surface area contributed by atoms with Gasteiger partial charge in [-0.15, -0.1) is 0 Å². The number of carbonyl (C=O) groups excluding carboxylic acids is 3. The smallest absolute Gasteiger partial charge is 0.332 e. The third-order valence-corrected chi connectivity index (χ3v) is 5.30. The summed E-state index contributed by atoms with van der Waals surface area (Å²) in [7, 11) is 0. The Labute approximate surface area is 210 Å². The van der Waals surface area contributed by atoms with E-state index in [4.69, 9.17) is 9.47 Å². The zero-order chi connectivity index (χ0) is 25.9. The highest BCUT2D eigenvalue weighted by molar-refractivity contribution is 5.97. The molecule has 3 aromatic carbocycles. The molecule has 0 radical (unpaired) electrons. The van der Waals surface area contributed by atoms with Gasteiger partial charge in [-0.2, -0.15) is 0 Å². The number of carbonyl (C=O) groups is 3. The topological polar surface area (TPSA) is 114 Å². The molecule has 0 aromatic heterocycles. The standard InChI is InChI=1S/C28H30N2O6/c1-3-35-26(33)18-36-27(21-8-5-4-6-9-21)22-10-7-11-23(17-22)30-28(34)25(29-19(2)31)16-20-12-14-24(32)15-13-20/h4-15,17,25,27,32H,3,16,18H2,1-2H3,(H,29,31)(H,30,34). The van der Waals surface area contributed by atoms with Crippen molar-refractivity contribution in [1.29, 1.82) is 0 Å². The molecule has 2 amide bonds. The lowest BCUT2D eigenvalue weighted by Crippen LogP contribution is -2.44. The molecule has 3 rings (SSSR count).